The topological polar surface area (TPSA) is 115 Å². The summed E-state index contributed by atoms with van der Waals surface area (Å²) in [6.45, 7) is 4.57. The van der Waals surface area contributed by atoms with Crippen LogP contribution in [0, 0.1) is 12.7 Å². The molecule has 0 unspecified atom stereocenters. The van der Waals surface area contributed by atoms with Gasteiger partial charge >= 0.3 is 5.97 Å². The predicted molar refractivity (Wildman–Crippen MR) is 148 cm³/mol. The Kier molecular flexibility index (Phi) is 7.02. The summed E-state index contributed by atoms with van der Waals surface area (Å²) in [5.41, 5.74) is 11.6. The lowest BCUT2D eigenvalue weighted by Crippen LogP contribution is -2.16. The molecule has 198 valence electrons. The summed E-state index contributed by atoms with van der Waals surface area (Å²) in [5.74, 6) is -1.46. The van der Waals surface area contributed by atoms with E-state index in [-0.39, 0.29) is 23.5 Å². The second-order valence-corrected chi connectivity index (χ2v) is 9.57. The highest BCUT2D eigenvalue weighted by Gasteiger charge is 2.29. The fraction of sp³-hybridized carbons (Fsp3) is 0.194. The number of hydrogen-bond donors (Lipinski definition) is 3. The number of nitrogens with two attached hydrogens (primary N) is 1. The highest BCUT2D eigenvalue weighted by atomic mass is 19.1. The van der Waals surface area contributed by atoms with Gasteiger partial charge in [0.15, 0.2) is 5.82 Å². The molecule has 0 radical (unpaired) electrons. The van der Waals surface area contributed by atoms with Crippen molar-refractivity contribution in [2.75, 3.05) is 11.9 Å². The van der Waals surface area contributed by atoms with Gasteiger partial charge in [-0.2, -0.15) is 0 Å². The van der Waals surface area contributed by atoms with E-state index in [1.807, 2.05) is 38.1 Å². The largest absolute Gasteiger partial charge is 0.494 e. The molecule has 4 N–H and O–H groups in total. The minimum absolute atomic E-state index is 0.128. The average Bonchev–Trinajstić information content (AvgIpc) is 3.30. The number of rotatable bonds is 9. The zero-order valence-corrected chi connectivity index (χ0v) is 21.7. The summed E-state index contributed by atoms with van der Waals surface area (Å²) in [6.07, 6.45) is 2.79. The predicted octanol–water partition coefficient (Wildman–Crippen LogP) is 5.97. The molecule has 0 bridgehead atoms. The number of carbonyl (C=O) groups excluding carboxylic acids is 1. The first-order valence-corrected chi connectivity index (χ1v) is 12.7. The van der Waals surface area contributed by atoms with Crippen LogP contribution >= 0.6 is 0 Å². The van der Waals surface area contributed by atoms with E-state index in [9.17, 15) is 14.7 Å². The molecule has 7 nitrogen and oxygen atoms in total. The summed E-state index contributed by atoms with van der Waals surface area (Å²) in [5, 5.41) is 12.6. The maximum Gasteiger partial charge on any atom is 0.336 e. The molecule has 0 fully saturated rings. The van der Waals surface area contributed by atoms with Gasteiger partial charge in [-0.25, -0.2) is 9.18 Å². The first-order chi connectivity index (χ1) is 18.8. The van der Waals surface area contributed by atoms with Crippen LogP contribution in [0.15, 0.2) is 60.8 Å². The smallest absolute Gasteiger partial charge is 0.336 e. The van der Waals surface area contributed by atoms with Crippen molar-refractivity contribution in [3.63, 3.8) is 0 Å². The first kappa shape index (κ1) is 25.9. The number of halogens is 1. The van der Waals surface area contributed by atoms with Crippen LogP contribution in [0.5, 0.6) is 5.75 Å². The van der Waals surface area contributed by atoms with E-state index in [4.69, 9.17) is 10.5 Å². The van der Waals surface area contributed by atoms with Crippen LogP contribution in [0.4, 0.5) is 10.1 Å². The van der Waals surface area contributed by atoms with Gasteiger partial charge in [-0.1, -0.05) is 42.8 Å². The number of aromatic nitrogens is 1. The molecule has 39 heavy (non-hydrogen) atoms. The Labute approximate surface area is 225 Å². The molecule has 0 saturated heterocycles. The number of benzene rings is 3. The van der Waals surface area contributed by atoms with Crippen molar-refractivity contribution in [1.29, 1.82) is 0 Å². The van der Waals surface area contributed by atoms with Crippen LogP contribution in [0.2, 0.25) is 0 Å². The van der Waals surface area contributed by atoms with Crippen molar-refractivity contribution >= 4 is 17.6 Å². The monoisotopic (exact) mass is 525 g/mol. The number of fused-ring (bicyclic) bond motifs is 3. The molecule has 4 aromatic rings. The van der Waals surface area contributed by atoms with E-state index in [1.165, 1.54) is 6.20 Å². The number of amides is 1. The molecule has 0 saturated carbocycles. The number of aromatic carboxylic acids is 1. The highest BCUT2D eigenvalue weighted by Crippen LogP contribution is 2.45. The third-order valence-electron chi connectivity index (χ3n) is 6.85. The Hall–Kier alpha value is -4.72. The fourth-order valence-corrected chi connectivity index (χ4v) is 5.02. The Morgan fingerprint density at radius 2 is 1.92 bits per heavy atom. The van der Waals surface area contributed by atoms with Crippen LogP contribution in [0.25, 0.3) is 22.3 Å². The van der Waals surface area contributed by atoms with Gasteiger partial charge < -0.3 is 20.9 Å². The molecule has 1 heterocycles. The van der Waals surface area contributed by atoms with Crippen molar-refractivity contribution in [3.8, 4) is 28.0 Å². The van der Waals surface area contributed by atoms with Crippen LogP contribution in [0.3, 0.4) is 0 Å². The van der Waals surface area contributed by atoms with E-state index >= 15 is 4.39 Å². The molecule has 5 rings (SSSR count). The minimum Gasteiger partial charge on any atom is -0.494 e. The van der Waals surface area contributed by atoms with Crippen LogP contribution in [0.1, 0.15) is 56.4 Å². The van der Waals surface area contributed by atoms with Crippen molar-refractivity contribution in [3.05, 3.63) is 100 Å². The molecule has 0 aliphatic heterocycles. The van der Waals surface area contributed by atoms with Crippen molar-refractivity contribution < 1.29 is 23.8 Å². The number of anilines is 1. The zero-order valence-electron chi connectivity index (χ0n) is 21.7. The summed E-state index contributed by atoms with van der Waals surface area (Å²) in [6, 6.07) is 15.9. The summed E-state index contributed by atoms with van der Waals surface area (Å²) >= 11 is 0. The van der Waals surface area contributed by atoms with E-state index in [0.717, 1.165) is 34.4 Å². The van der Waals surface area contributed by atoms with Crippen molar-refractivity contribution in [2.24, 2.45) is 5.73 Å². The molecule has 1 aliphatic rings. The fourth-order valence-electron chi connectivity index (χ4n) is 5.02. The minimum atomic E-state index is -1.04. The van der Waals surface area contributed by atoms with Gasteiger partial charge in [-0.15, -0.1) is 0 Å². The lowest BCUT2D eigenvalue weighted by molar-refractivity contribution is 0.0695. The Morgan fingerprint density at radius 3 is 2.67 bits per heavy atom. The molecular weight excluding hydrogens is 497 g/mol. The van der Waals surface area contributed by atoms with Crippen molar-refractivity contribution in [2.45, 2.75) is 33.2 Å². The molecule has 3 aromatic carbocycles. The van der Waals surface area contributed by atoms with Gasteiger partial charge in [0.05, 0.1) is 17.9 Å². The number of pyridine rings is 1. The van der Waals surface area contributed by atoms with Crippen molar-refractivity contribution in [1.82, 2.24) is 4.98 Å². The Morgan fingerprint density at radius 1 is 1.10 bits per heavy atom. The zero-order chi connectivity index (χ0) is 27.7. The van der Waals surface area contributed by atoms with Gasteiger partial charge in [0.2, 0.25) is 0 Å². The summed E-state index contributed by atoms with van der Waals surface area (Å²) in [4.78, 5) is 28.2. The maximum absolute atomic E-state index is 16.0. The number of carboxylic acid groups (broad SMARTS) is 1. The van der Waals surface area contributed by atoms with Gasteiger partial charge in [-0.3, -0.25) is 9.78 Å². The number of nitrogens with one attached hydrogen (secondary N) is 1. The number of carboxylic acids is 1. The summed E-state index contributed by atoms with van der Waals surface area (Å²) in [7, 11) is 0. The van der Waals surface area contributed by atoms with E-state index in [0.29, 0.717) is 35.3 Å². The van der Waals surface area contributed by atoms with E-state index in [1.54, 1.807) is 30.3 Å². The Balaban J connectivity index is 1.55. The van der Waals surface area contributed by atoms with Crippen LogP contribution in [-0.4, -0.2) is 28.6 Å². The van der Waals surface area contributed by atoms with Gasteiger partial charge in [0.1, 0.15) is 11.4 Å². The third-order valence-corrected chi connectivity index (χ3v) is 6.85. The number of nitrogens with zero attached hydrogens (tertiary/aromatic N) is 1. The number of primary amides is 1. The molecule has 8 heteroatoms. The van der Waals surface area contributed by atoms with Gasteiger partial charge in [-0.05, 0) is 65.4 Å². The maximum atomic E-state index is 16.0. The molecule has 1 aliphatic carbocycles. The van der Waals surface area contributed by atoms with Crippen LogP contribution in [-0.2, 0) is 13.0 Å². The molecule has 1 amide bonds. The summed E-state index contributed by atoms with van der Waals surface area (Å²) < 4.78 is 21.8. The molecular formula is C31H28FN3O4. The van der Waals surface area contributed by atoms with E-state index < -0.39 is 17.7 Å². The lowest BCUT2D eigenvalue weighted by atomic mass is 9.94. The number of aryl methyl sites for hydroxylation is 1. The third kappa shape index (κ3) is 4.93. The first-order valence-electron chi connectivity index (χ1n) is 12.7. The van der Waals surface area contributed by atoms with Crippen LogP contribution < -0.4 is 15.8 Å². The second kappa shape index (κ2) is 10.6. The second-order valence-electron chi connectivity index (χ2n) is 9.57. The molecule has 0 spiro atoms. The quantitative estimate of drug-likeness (QED) is 0.219. The Bertz CT molecular complexity index is 1620. The average molecular weight is 526 g/mol. The normalized spacial score (nSPS) is 11.6. The highest BCUT2D eigenvalue weighted by molar-refractivity contribution is 6.00. The SMILES string of the molecule is CCCOc1ccc2c(c1)Cc1c(C(N)=O)ncc(-c3cccc(NCc4ccc(C)cc4C(=O)O)c3F)c1-2. The molecule has 1 aromatic heterocycles. The van der Waals surface area contributed by atoms with Gasteiger partial charge in [0, 0.05) is 30.3 Å². The standard InChI is InChI=1S/C31H28FN3O4/c1-3-11-39-20-9-10-21-19(13-20)14-24-27(21)25(16-35-29(24)30(33)36)22-5-4-6-26(28(22)32)34-15-18-8-7-17(2)12-23(18)31(37)38/h4-10,12-13,16,34H,3,11,14-15H2,1-2H3,(H2,33,36)(H,37,38). The van der Waals surface area contributed by atoms with Gasteiger partial charge in [0.25, 0.3) is 5.91 Å². The number of hydrogen-bond acceptors (Lipinski definition) is 5. The number of ether oxygens (including phenoxy) is 1. The lowest BCUT2D eigenvalue weighted by Gasteiger charge is -2.16. The molecule has 0 atom stereocenters. The van der Waals surface area contributed by atoms with E-state index in [2.05, 4.69) is 10.3 Å². The number of carbonyl (C=O) groups is 2.